The zero-order chi connectivity index (χ0) is 20.9. The van der Waals surface area contributed by atoms with Gasteiger partial charge in [-0.25, -0.2) is 9.67 Å². The number of aromatic nitrogens is 4. The van der Waals surface area contributed by atoms with E-state index >= 15 is 0 Å². The zero-order valence-corrected chi connectivity index (χ0v) is 17.8. The maximum absolute atomic E-state index is 12.9. The van der Waals surface area contributed by atoms with Crippen molar-refractivity contribution in [3.8, 4) is 5.69 Å². The van der Waals surface area contributed by atoms with E-state index in [2.05, 4.69) is 26.9 Å². The van der Waals surface area contributed by atoms with Gasteiger partial charge in [0.1, 0.15) is 17.8 Å². The Kier molecular flexibility index (Phi) is 6.44. The number of piperazine rings is 1. The van der Waals surface area contributed by atoms with Crippen LogP contribution in [0, 0.1) is 6.92 Å². The number of rotatable bonds is 8. The second-order valence-electron chi connectivity index (χ2n) is 7.93. The van der Waals surface area contributed by atoms with Crippen LogP contribution in [0.25, 0.3) is 16.7 Å². The molecule has 8 heteroatoms. The third kappa shape index (κ3) is 4.55. The van der Waals surface area contributed by atoms with E-state index in [0.717, 1.165) is 57.7 Å². The molecule has 0 aliphatic carbocycles. The van der Waals surface area contributed by atoms with E-state index in [-0.39, 0.29) is 5.56 Å². The molecule has 0 spiro atoms. The van der Waals surface area contributed by atoms with Crippen LogP contribution in [-0.4, -0.2) is 75.7 Å². The summed E-state index contributed by atoms with van der Waals surface area (Å²) in [6, 6.07) is 9.69. The third-order valence-corrected chi connectivity index (χ3v) is 5.66. The van der Waals surface area contributed by atoms with Crippen molar-refractivity contribution in [3.05, 3.63) is 52.7 Å². The van der Waals surface area contributed by atoms with Gasteiger partial charge in [-0.15, -0.1) is 4.73 Å². The molecule has 0 unspecified atom stereocenters. The van der Waals surface area contributed by atoms with Crippen molar-refractivity contribution >= 4 is 11.0 Å². The van der Waals surface area contributed by atoms with E-state index in [1.807, 2.05) is 30.3 Å². The summed E-state index contributed by atoms with van der Waals surface area (Å²) in [7, 11) is 2.18. The lowest BCUT2D eigenvalue weighted by molar-refractivity contribution is 0.0908. The van der Waals surface area contributed by atoms with Crippen LogP contribution in [0.5, 0.6) is 0 Å². The standard InChI is InChI=1S/C22H30N6O2/c1-18-24-21-20(17-23-27(21)19-9-5-3-6-10-19)22(29)28(18)30-16-8-4-7-11-26-14-12-25(2)13-15-26/h3,5-6,9-10,17H,4,7-8,11-16H2,1-2H3. The molecule has 0 N–H and O–H groups in total. The predicted molar refractivity (Wildman–Crippen MR) is 117 cm³/mol. The average molecular weight is 411 g/mol. The van der Waals surface area contributed by atoms with Crippen molar-refractivity contribution < 1.29 is 4.84 Å². The number of nitrogens with zero attached hydrogens (tertiary/aromatic N) is 6. The number of hydrogen-bond acceptors (Lipinski definition) is 6. The summed E-state index contributed by atoms with van der Waals surface area (Å²) >= 11 is 0. The molecule has 1 aliphatic heterocycles. The minimum absolute atomic E-state index is 0.211. The monoisotopic (exact) mass is 410 g/mol. The molecule has 2 aromatic heterocycles. The molecule has 1 aliphatic rings. The zero-order valence-electron chi connectivity index (χ0n) is 17.8. The molecule has 0 bridgehead atoms. The van der Waals surface area contributed by atoms with Crippen LogP contribution in [-0.2, 0) is 0 Å². The third-order valence-electron chi connectivity index (χ3n) is 5.66. The first-order valence-electron chi connectivity index (χ1n) is 10.7. The maximum atomic E-state index is 12.9. The van der Waals surface area contributed by atoms with E-state index < -0.39 is 0 Å². The molecule has 0 saturated carbocycles. The van der Waals surface area contributed by atoms with Crippen molar-refractivity contribution in [1.82, 2.24) is 29.3 Å². The molecule has 160 valence electrons. The van der Waals surface area contributed by atoms with Crippen molar-refractivity contribution in [2.45, 2.75) is 26.2 Å². The maximum Gasteiger partial charge on any atom is 0.297 e. The van der Waals surface area contributed by atoms with Gasteiger partial charge in [0.05, 0.1) is 11.9 Å². The Morgan fingerprint density at radius 2 is 1.80 bits per heavy atom. The summed E-state index contributed by atoms with van der Waals surface area (Å²) in [6.07, 6.45) is 4.72. The fourth-order valence-corrected chi connectivity index (χ4v) is 3.81. The predicted octanol–water partition coefficient (Wildman–Crippen LogP) is 1.74. The molecule has 3 heterocycles. The van der Waals surface area contributed by atoms with E-state index in [0.29, 0.717) is 23.5 Å². The number of para-hydroxylation sites is 1. The van der Waals surface area contributed by atoms with E-state index in [4.69, 9.17) is 4.84 Å². The second-order valence-corrected chi connectivity index (χ2v) is 7.93. The Morgan fingerprint density at radius 1 is 1.03 bits per heavy atom. The topological polar surface area (TPSA) is 68.4 Å². The van der Waals surface area contributed by atoms with Gasteiger partial charge < -0.3 is 14.6 Å². The number of fused-ring (bicyclic) bond motifs is 1. The Labute approximate surface area is 176 Å². The minimum Gasteiger partial charge on any atom is -0.409 e. The van der Waals surface area contributed by atoms with E-state index in [1.54, 1.807) is 17.8 Å². The minimum atomic E-state index is -0.211. The van der Waals surface area contributed by atoms with E-state index in [1.165, 1.54) is 4.73 Å². The van der Waals surface area contributed by atoms with Crippen LogP contribution in [0.3, 0.4) is 0 Å². The van der Waals surface area contributed by atoms with Crippen molar-refractivity contribution in [2.24, 2.45) is 0 Å². The van der Waals surface area contributed by atoms with Gasteiger partial charge in [0.2, 0.25) is 0 Å². The highest BCUT2D eigenvalue weighted by molar-refractivity contribution is 5.75. The summed E-state index contributed by atoms with van der Waals surface area (Å²) in [5.41, 5.74) is 1.21. The van der Waals surface area contributed by atoms with Crippen LogP contribution in [0.2, 0.25) is 0 Å². The molecule has 1 aromatic carbocycles. The summed E-state index contributed by atoms with van der Waals surface area (Å²) in [4.78, 5) is 28.1. The molecule has 0 atom stereocenters. The van der Waals surface area contributed by atoms with Gasteiger partial charge in [0.15, 0.2) is 5.65 Å². The lowest BCUT2D eigenvalue weighted by Gasteiger charge is -2.32. The van der Waals surface area contributed by atoms with Crippen LogP contribution in [0.4, 0.5) is 0 Å². The SMILES string of the molecule is Cc1nc2c(cnn2-c2ccccc2)c(=O)n1OCCCCCN1CCN(C)CC1. The van der Waals surface area contributed by atoms with Crippen molar-refractivity contribution in [3.63, 3.8) is 0 Å². The Bertz CT molecular complexity index is 1020. The van der Waals surface area contributed by atoms with Crippen LogP contribution in [0.15, 0.2) is 41.3 Å². The van der Waals surface area contributed by atoms with Crippen LogP contribution in [0.1, 0.15) is 25.1 Å². The molecular formula is C22H30N6O2. The quantitative estimate of drug-likeness (QED) is 0.527. The van der Waals surface area contributed by atoms with Crippen LogP contribution >= 0.6 is 0 Å². The lowest BCUT2D eigenvalue weighted by atomic mass is 10.2. The number of aryl methyl sites for hydroxylation is 1. The van der Waals surface area contributed by atoms with Crippen LogP contribution < -0.4 is 10.4 Å². The Balaban J connectivity index is 1.33. The van der Waals surface area contributed by atoms with Gasteiger partial charge in [0, 0.05) is 26.2 Å². The summed E-state index contributed by atoms with van der Waals surface area (Å²) in [5.74, 6) is 0.530. The highest BCUT2D eigenvalue weighted by Crippen LogP contribution is 2.14. The molecule has 4 rings (SSSR count). The molecular weight excluding hydrogens is 380 g/mol. The highest BCUT2D eigenvalue weighted by atomic mass is 16.7. The molecule has 0 amide bonds. The van der Waals surface area contributed by atoms with Gasteiger partial charge in [-0.1, -0.05) is 18.2 Å². The average Bonchev–Trinajstić information content (AvgIpc) is 3.18. The van der Waals surface area contributed by atoms with Crippen molar-refractivity contribution in [1.29, 1.82) is 0 Å². The summed E-state index contributed by atoms with van der Waals surface area (Å²) < 4.78 is 2.99. The van der Waals surface area contributed by atoms with Gasteiger partial charge in [-0.3, -0.25) is 4.79 Å². The number of hydrogen-bond donors (Lipinski definition) is 0. The first kappa shape index (κ1) is 20.6. The fourth-order valence-electron chi connectivity index (χ4n) is 3.81. The normalized spacial score (nSPS) is 15.7. The van der Waals surface area contributed by atoms with Gasteiger partial charge in [-0.2, -0.15) is 5.10 Å². The Morgan fingerprint density at radius 3 is 2.57 bits per heavy atom. The Hall–Kier alpha value is -2.71. The fraction of sp³-hybridized carbons (Fsp3) is 0.500. The van der Waals surface area contributed by atoms with Gasteiger partial charge in [-0.05, 0) is 51.9 Å². The molecule has 3 aromatic rings. The second kappa shape index (κ2) is 9.40. The summed E-state index contributed by atoms with van der Waals surface area (Å²) in [6.45, 7) is 8.05. The smallest absolute Gasteiger partial charge is 0.297 e. The largest absolute Gasteiger partial charge is 0.409 e. The number of benzene rings is 1. The molecule has 8 nitrogen and oxygen atoms in total. The van der Waals surface area contributed by atoms with Gasteiger partial charge >= 0.3 is 0 Å². The molecule has 0 radical (unpaired) electrons. The molecule has 1 saturated heterocycles. The first-order valence-corrected chi connectivity index (χ1v) is 10.7. The number of likely N-dealkylation sites (N-methyl/N-ethyl adjacent to an activating group) is 1. The van der Waals surface area contributed by atoms with Gasteiger partial charge in [0.25, 0.3) is 5.56 Å². The lowest BCUT2D eigenvalue weighted by Crippen LogP contribution is -2.44. The molecule has 1 fully saturated rings. The highest BCUT2D eigenvalue weighted by Gasteiger charge is 2.15. The summed E-state index contributed by atoms with van der Waals surface area (Å²) in [5, 5.41) is 4.81. The first-order chi connectivity index (χ1) is 14.6. The van der Waals surface area contributed by atoms with Crippen molar-refractivity contribution in [2.75, 3.05) is 46.4 Å². The van der Waals surface area contributed by atoms with E-state index in [9.17, 15) is 4.79 Å². The molecule has 30 heavy (non-hydrogen) atoms. The number of unbranched alkanes of at least 4 members (excludes halogenated alkanes) is 2.